The summed E-state index contributed by atoms with van der Waals surface area (Å²) in [5.41, 5.74) is 4.02. The molecule has 6 nitrogen and oxygen atoms in total. The predicted molar refractivity (Wildman–Crippen MR) is 129 cm³/mol. The van der Waals surface area contributed by atoms with Gasteiger partial charge in [-0.05, 0) is 26.8 Å². The van der Waals surface area contributed by atoms with Gasteiger partial charge in [-0.25, -0.2) is 4.99 Å². The number of pyridine rings is 1. The van der Waals surface area contributed by atoms with E-state index in [0.29, 0.717) is 19.7 Å². The molecule has 7 heteroatoms. The van der Waals surface area contributed by atoms with Crippen LogP contribution in [0.1, 0.15) is 29.3 Å². The number of para-hydroxylation sites is 1. The van der Waals surface area contributed by atoms with Crippen molar-refractivity contribution in [1.82, 2.24) is 15.6 Å². The summed E-state index contributed by atoms with van der Waals surface area (Å²) >= 11 is 0. The van der Waals surface area contributed by atoms with Crippen molar-refractivity contribution in [2.45, 2.75) is 33.9 Å². The van der Waals surface area contributed by atoms with Crippen LogP contribution in [0.15, 0.2) is 48.1 Å². The molecule has 1 aromatic carbocycles. The van der Waals surface area contributed by atoms with Crippen LogP contribution in [-0.2, 0) is 13.1 Å². The predicted octanol–water partition coefficient (Wildman–Crippen LogP) is 4.15. The fourth-order valence-corrected chi connectivity index (χ4v) is 2.85. The summed E-state index contributed by atoms with van der Waals surface area (Å²) in [6.07, 6.45) is 3.57. The Balaban J connectivity index is 0.00000420. The molecule has 0 bridgehead atoms. The number of rotatable bonds is 9. The average molecular weight is 510 g/mol. The van der Waals surface area contributed by atoms with Crippen LogP contribution in [0.3, 0.4) is 0 Å². The zero-order chi connectivity index (χ0) is 20.4. The quantitative estimate of drug-likeness (QED) is 0.230. The maximum Gasteiger partial charge on any atom is 0.191 e. The highest BCUT2D eigenvalue weighted by atomic mass is 127. The molecule has 1 aromatic heterocycles. The summed E-state index contributed by atoms with van der Waals surface area (Å²) in [6.45, 7) is 12.1. The summed E-state index contributed by atoms with van der Waals surface area (Å²) in [5, 5.41) is 6.61. The number of hydrogen-bond donors (Lipinski definition) is 2. The number of guanidine groups is 1. The molecular formula is C22H31IN4O2. The first-order valence-electron chi connectivity index (χ1n) is 9.43. The highest BCUT2D eigenvalue weighted by molar-refractivity contribution is 14.0. The third-order valence-electron chi connectivity index (χ3n) is 4.25. The van der Waals surface area contributed by atoms with Crippen LogP contribution in [0.2, 0.25) is 0 Å². The van der Waals surface area contributed by atoms with E-state index in [1.807, 2.05) is 51.2 Å². The number of aliphatic imine (C=N–C) groups is 1. The van der Waals surface area contributed by atoms with E-state index in [2.05, 4.69) is 27.2 Å². The van der Waals surface area contributed by atoms with Gasteiger partial charge >= 0.3 is 0 Å². The minimum Gasteiger partial charge on any atom is -0.496 e. The minimum atomic E-state index is 0. The van der Waals surface area contributed by atoms with Crippen LogP contribution >= 0.6 is 24.0 Å². The Morgan fingerprint density at radius 3 is 2.69 bits per heavy atom. The zero-order valence-corrected chi connectivity index (χ0v) is 19.9. The molecule has 0 amide bonds. The lowest BCUT2D eigenvalue weighted by Gasteiger charge is -2.15. The van der Waals surface area contributed by atoms with Crippen LogP contribution in [0.25, 0.3) is 0 Å². The van der Waals surface area contributed by atoms with Gasteiger partial charge in [0, 0.05) is 29.4 Å². The number of aryl methyl sites for hydroxylation is 1. The topological polar surface area (TPSA) is 67.8 Å². The SMILES string of the molecule is C=CCOc1ccccc1CN=C(NCC)NCc1ncc(C)c(OC)c1C.I. The molecule has 29 heavy (non-hydrogen) atoms. The van der Waals surface area contributed by atoms with Gasteiger partial charge < -0.3 is 20.1 Å². The minimum absolute atomic E-state index is 0. The summed E-state index contributed by atoms with van der Waals surface area (Å²) in [4.78, 5) is 9.22. The number of hydrogen-bond acceptors (Lipinski definition) is 4. The molecule has 0 aliphatic rings. The van der Waals surface area contributed by atoms with Crippen molar-refractivity contribution in [3.63, 3.8) is 0 Å². The lowest BCUT2D eigenvalue weighted by molar-refractivity contribution is 0.359. The Morgan fingerprint density at radius 2 is 2.00 bits per heavy atom. The molecule has 0 aliphatic heterocycles. The molecule has 0 unspecified atom stereocenters. The van der Waals surface area contributed by atoms with Crippen molar-refractivity contribution in [3.8, 4) is 11.5 Å². The Kier molecular flexibility index (Phi) is 11.1. The van der Waals surface area contributed by atoms with Gasteiger partial charge in [-0.3, -0.25) is 4.98 Å². The summed E-state index contributed by atoms with van der Waals surface area (Å²) in [5.74, 6) is 2.42. The lowest BCUT2D eigenvalue weighted by atomic mass is 10.1. The number of nitrogens with one attached hydrogen (secondary N) is 2. The first kappa shape index (κ1) is 24.7. The highest BCUT2D eigenvalue weighted by Crippen LogP contribution is 2.23. The summed E-state index contributed by atoms with van der Waals surface area (Å²) in [6, 6.07) is 7.90. The fraction of sp³-hybridized carbons (Fsp3) is 0.364. The molecule has 2 aromatic rings. The fourth-order valence-electron chi connectivity index (χ4n) is 2.85. The normalized spacial score (nSPS) is 10.7. The number of nitrogens with zero attached hydrogens (tertiary/aromatic N) is 2. The zero-order valence-electron chi connectivity index (χ0n) is 17.6. The van der Waals surface area contributed by atoms with Gasteiger partial charge in [-0.2, -0.15) is 0 Å². The average Bonchev–Trinajstić information content (AvgIpc) is 2.70. The van der Waals surface area contributed by atoms with Crippen molar-refractivity contribution in [1.29, 1.82) is 0 Å². The van der Waals surface area contributed by atoms with Crippen LogP contribution in [0, 0.1) is 13.8 Å². The maximum absolute atomic E-state index is 5.71. The van der Waals surface area contributed by atoms with Crippen molar-refractivity contribution < 1.29 is 9.47 Å². The Labute approximate surface area is 190 Å². The largest absolute Gasteiger partial charge is 0.496 e. The monoisotopic (exact) mass is 510 g/mol. The standard InChI is InChI=1S/C22H30N4O2.HI/c1-6-12-28-20-11-9-8-10-18(20)14-25-22(23-7-2)26-15-19-17(4)21(27-5)16(3)13-24-19;/h6,8-11,13H,1,7,12,14-15H2,2-5H3,(H2,23,25,26);1H. The second-order valence-electron chi connectivity index (χ2n) is 6.30. The Bertz CT molecular complexity index is 824. The molecule has 0 aliphatic carbocycles. The number of aromatic nitrogens is 1. The molecule has 0 radical (unpaired) electrons. The van der Waals surface area contributed by atoms with E-state index in [1.54, 1.807) is 13.2 Å². The molecule has 158 valence electrons. The molecule has 0 spiro atoms. The van der Waals surface area contributed by atoms with Gasteiger partial charge in [-0.1, -0.05) is 30.9 Å². The molecule has 2 N–H and O–H groups in total. The van der Waals surface area contributed by atoms with Crippen LogP contribution in [0.5, 0.6) is 11.5 Å². The third kappa shape index (κ3) is 7.23. The van der Waals surface area contributed by atoms with Gasteiger partial charge in [0.25, 0.3) is 0 Å². The lowest BCUT2D eigenvalue weighted by Crippen LogP contribution is -2.37. The molecule has 2 rings (SSSR count). The van der Waals surface area contributed by atoms with Gasteiger partial charge in [0.05, 0.1) is 25.9 Å². The van der Waals surface area contributed by atoms with E-state index < -0.39 is 0 Å². The van der Waals surface area contributed by atoms with E-state index in [1.165, 1.54) is 0 Å². The summed E-state index contributed by atoms with van der Waals surface area (Å²) in [7, 11) is 1.68. The molecule has 0 atom stereocenters. The van der Waals surface area contributed by atoms with Crippen LogP contribution in [0.4, 0.5) is 0 Å². The van der Waals surface area contributed by atoms with Crippen molar-refractivity contribution in [2.75, 3.05) is 20.3 Å². The van der Waals surface area contributed by atoms with E-state index in [4.69, 9.17) is 9.47 Å². The molecule has 0 saturated carbocycles. The first-order chi connectivity index (χ1) is 13.6. The summed E-state index contributed by atoms with van der Waals surface area (Å²) < 4.78 is 11.2. The second-order valence-corrected chi connectivity index (χ2v) is 6.30. The van der Waals surface area contributed by atoms with E-state index in [-0.39, 0.29) is 24.0 Å². The second kappa shape index (κ2) is 13.0. The highest BCUT2D eigenvalue weighted by Gasteiger charge is 2.10. The first-order valence-corrected chi connectivity index (χ1v) is 9.43. The van der Waals surface area contributed by atoms with Gasteiger partial charge in [0.2, 0.25) is 0 Å². The smallest absolute Gasteiger partial charge is 0.191 e. The number of methoxy groups -OCH3 is 1. The maximum atomic E-state index is 5.71. The molecular weight excluding hydrogens is 479 g/mol. The van der Waals surface area contributed by atoms with Crippen molar-refractivity contribution in [3.05, 3.63) is 65.5 Å². The molecule has 0 saturated heterocycles. The number of halogens is 1. The Morgan fingerprint density at radius 1 is 1.24 bits per heavy atom. The molecule has 0 fully saturated rings. The van der Waals surface area contributed by atoms with Crippen LogP contribution in [-0.4, -0.2) is 31.2 Å². The number of benzene rings is 1. The van der Waals surface area contributed by atoms with Crippen molar-refractivity contribution >= 4 is 29.9 Å². The third-order valence-corrected chi connectivity index (χ3v) is 4.25. The van der Waals surface area contributed by atoms with Crippen LogP contribution < -0.4 is 20.1 Å². The van der Waals surface area contributed by atoms with Crippen molar-refractivity contribution in [2.24, 2.45) is 4.99 Å². The Hall–Kier alpha value is -2.29. The molecule has 1 heterocycles. The van der Waals surface area contributed by atoms with E-state index >= 15 is 0 Å². The van der Waals surface area contributed by atoms with E-state index in [9.17, 15) is 0 Å². The van der Waals surface area contributed by atoms with Gasteiger partial charge in [0.1, 0.15) is 18.1 Å². The number of ether oxygens (including phenoxy) is 2. The van der Waals surface area contributed by atoms with Gasteiger partial charge in [-0.15, -0.1) is 24.0 Å². The van der Waals surface area contributed by atoms with Gasteiger partial charge in [0.15, 0.2) is 5.96 Å². The van der Waals surface area contributed by atoms with E-state index in [0.717, 1.165) is 46.4 Å².